The summed E-state index contributed by atoms with van der Waals surface area (Å²) in [6, 6.07) is 14.3. The number of benzene rings is 2. The molecule has 1 N–H and O–H groups in total. The average molecular weight is 253 g/mol. The number of aromatic nitrogens is 2. The fourth-order valence-corrected chi connectivity index (χ4v) is 2.09. The van der Waals surface area contributed by atoms with Crippen LogP contribution in [0.25, 0.3) is 22.2 Å². The Labute approximate surface area is 111 Å². The van der Waals surface area contributed by atoms with Gasteiger partial charge < -0.3 is 9.84 Å². The second kappa shape index (κ2) is 5.20. The van der Waals surface area contributed by atoms with Crippen LogP contribution >= 0.6 is 0 Å². The van der Waals surface area contributed by atoms with E-state index in [1.807, 2.05) is 31.2 Å². The molecule has 0 radical (unpaired) electrons. The molecular formula is C15H15N3O. The van der Waals surface area contributed by atoms with E-state index in [0.717, 1.165) is 17.5 Å². The van der Waals surface area contributed by atoms with Crippen molar-refractivity contribution >= 4 is 10.8 Å². The Morgan fingerprint density at radius 2 is 1.95 bits per heavy atom. The first-order chi connectivity index (χ1) is 9.38. The topological polar surface area (TPSA) is 51.0 Å². The first-order valence-corrected chi connectivity index (χ1v) is 6.40. The molecule has 0 spiro atoms. The molecule has 0 aliphatic rings. The van der Waals surface area contributed by atoms with Crippen molar-refractivity contribution in [3.63, 3.8) is 0 Å². The fraction of sp³-hybridized carbons (Fsp3) is 0.200. The maximum absolute atomic E-state index is 5.25. The van der Waals surface area contributed by atoms with Crippen LogP contribution in [0, 0.1) is 0 Å². The van der Waals surface area contributed by atoms with Crippen LogP contribution in [0.3, 0.4) is 0 Å². The first kappa shape index (κ1) is 11.9. The maximum atomic E-state index is 5.25. The maximum Gasteiger partial charge on any atom is 0.240 e. The summed E-state index contributed by atoms with van der Waals surface area (Å²) in [4.78, 5) is 4.43. The summed E-state index contributed by atoms with van der Waals surface area (Å²) in [6.45, 7) is 3.53. The Hall–Kier alpha value is -2.20. The van der Waals surface area contributed by atoms with Gasteiger partial charge in [-0.3, -0.25) is 0 Å². The van der Waals surface area contributed by atoms with Gasteiger partial charge in [0.2, 0.25) is 11.7 Å². The van der Waals surface area contributed by atoms with Gasteiger partial charge in [0.05, 0.1) is 6.54 Å². The fourth-order valence-electron chi connectivity index (χ4n) is 2.09. The molecule has 0 aliphatic heterocycles. The summed E-state index contributed by atoms with van der Waals surface area (Å²) in [6.07, 6.45) is 0. The highest BCUT2D eigenvalue weighted by Gasteiger charge is 2.10. The molecule has 0 amide bonds. The van der Waals surface area contributed by atoms with E-state index in [1.165, 1.54) is 5.39 Å². The molecule has 2 aromatic carbocycles. The molecule has 4 nitrogen and oxygen atoms in total. The smallest absolute Gasteiger partial charge is 0.240 e. The van der Waals surface area contributed by atoms with Crippen LogP contribution in [0.5, 0.6) is 0 Å². The minimum atomic E-state index is 0.605. The number of fused-ring (bicyclic) bond motifs is 1. The van der Waals surface area contributed by atoms with Crippen molar-refractivity contribution in [3.8, 4) is 11.4 Å². The molecule has 0 saturated heterocycles. The number of nitrogens with zero attached hydrogens (tertiary/aromatic N) is 2. The summed E-state index contributed by atoms with van der Waals surface area (Å²) < 4.78 is 5.25. The van der Waals surface area contributed by atoms with Gasteiger partial charge in [0.1, 0.15) is 0 Å². The molecule has 3 rings (SSSR count). The van der Waals surface area contributed by atoms with Crippen molar-refractivity contribution in [2.24, 2.45) is 0 Å². The molecule has 19 heavy (non-hydrogen) atoms. The quantitative estimate of drug-likeness (QED) is 0.776. The molecule has 0 bridgehead atoms. The van der Waals surface area contributed by atoms with E-state index in [1.54, 1.807) is 0 Å². The van der Waals surface area contributed by atoms with Gasteiger partial charge in [-0.15, -0.1) is 0 Å². The number of nitrogens with one attached hydrogen (secondary N) is 1. The van der Waals surface area contributed by atoms with Gasteiger partial charge >= 0.3 is 0 Å². The predicted octanol–water partition coefficient (Wildman–Crippen LogP) is 3.00. The van der Waals surface area contributed by atoms with Crippen LogP contribution in [-0.4, -0.2) is 16.7 Å². The summed E-state index contributed by atoms with van der Waals surface area (Å²) in [5.41, 5.74) is 1.00. The van der Waals surface area contributed by atoms with Crippen molar-refractivity contribution in [2.75, 3.05) is 6.54 Å². The summed E-state index contributed by atoms with van der Waals surface area (Å²) >= 11 is 0. The van der Waals surface area contributed by atoms with Crippen LogP contribution in [0.1, 0.15) is 12.8 Å². The molecule has 1 aromatic heterocycles. The third-order valence-electron chi connectivity index (χ3n) is 3.02. The van der Waals surface area contributed by atoms with Crippen molar-refractivity contribution in [3.05, 3.63) is 48.4 Å². The van der Waals surface area contributed by atoms with Gasteiger partial charge in [-0.25, -0.2) is 0 Å². The van der Waals surface area contributed by atoms with Gasteiger partial charge in [-0.1, -0.05) is 54.5 Å². The van der Waals surface area contributed by atoms with Crippen LogP contribution in [0.4, 0.5) is 0 Å². The Balaban J connectivity index is 2.02. The predicted molar refractivity (Wildman–Crippen MR) is 74.6 cm³/mol. The normalized spacial score (nSPS) is 11.0. The molecule has 0 aliphatic carbocycles. The van der Waals surface area contributed by atoms with Crippen molar-refractivity contribution in [1.29, 1.82) is 0 Å². The van der Waals surface area contributed by atoms with Crippen molar-refractivity contribution < 1.29 is 4.52 Å². The zero-order valence-corrected chi connectivity index (χ0v) is 10.8. The molecule has 1 heterocycles. The molecule has 0 fully saturated rings. The standard InChI is InChI=1S/C15H15N3O/c1-2-16-10-14-17-15(18-19-14)13-9-5-7-11-6-3-4-8-12(11)13/h3-9,16H,2,10H2,1H3. The van der Waals surface area contributed by atoms with Gasteiger partial charge in [0.25, 0.3) is 0 Å². The Morgan fingerprint density at radius 3 is 2.84 bits per heavy atom. The third-order valence-corrected chi connectivity index (χ3v) is 3.02. The van der Waals surface area contributed by atoms with E-state index in [2.05, 4.69) is 33.7 Å². The van der Waals surface area contributed by atoms with Crippen molar-refractivity contribution in [2.45, 2.75) is 13.5 Å². The van der Waals surface area contributed by atoms with Gasteiger partial charge in [-0.2, -0.15) is 4.98 Å². The lowest BCUT2D eigenvalue weighted by Gasteiger charge is -2.01. The highest BCUT2D eigenvalue weighted by Crippen LogP contribution is 2.26. The second-order valence-corrected chi connectivity index (χ2v) is 4.32. The molecule has 0 saturated carbocycles. The largest absolute Gasteiger partial charge is 0.338 e. The zero-order chi connectivity index (χ0) is 13.1. The Bertz CT molecular complexity index is 685. The summed E-state index contributed by atoms with van der Waals surface area (Å²) in [5, 5.41) is 9.55. The SMILES string of the molecule is CCNCc1nc(-c2cccc3ccccc23)no1. The molecule has 3 aromatic rings. The number of hydrogen-bond acceptors (Lipinski definition) is 4. The molecular weight excluding hydrogens is 238 g/mol. The first-order valence-electron chi connectivity index (χ1n) is 6.40. The van der Waals surface area contributed by atoms with E-state index in [-0.39, 0.29) is 0 Å². The molecule has 0 atom stereocenters. The van der Waals surface area contributed by atoms with E-state index in [4.69, 9.17) is 4.52 Å². The van der Waals surface area contributed by atoms with E-state index >= 15 is 0 Å². The number of hydrogen-bond donors (Lipinski definition) is 1. The number of rotatable bonds is 4. The molecule has 0 unspecified atom stereocenters. The Morgan fingerprint density at radius 1 is 1.11 bits per heavy atom. The summed E-state index contributed by atoms with van der Waals surface area (Å²) in [7, 11) is 0. The second-order valence-electron chi connectivity index (χ2n) is 4.32. The summed E-state index contributed by atoms with van der Waals surface area (Å²) in [5.74, 6) is 1.26. The third kappa shape index (κ3) is 2.35. The van der Waals surface area contributed by atoms with E-state index < -0.39 is 0 Å². The monoisotopic (exact) mass is 253 g/mol. The Kier molecular flexibility index (Phi) is 3.25. The van der Waals surface area contributed by atoms with Crippen LogP contribution in [0.2, 0.25) is 0 Å². The van der Waals surface area contributed by atoms with Gasteiger partial charge in [0.15, 0.2) is 0 Å². The minimum absolute atomic E-state index is 0.605. The minimum Gasteiger partial charge on any atom is -0.338 e. The highest BCUT2D eigenvalue weighted by atomic mass is 16.5. The van der Waals surface area contributed by atoms with Gasteiger partial charge in [0, 0.05) is 5.56 Å². The average Bonchev–Trinajstić information content (AvgIpc) is 2.93. The lowest BCUT2D eigenvalue weighted by molar-refractivity contribution is 0.369. The van der Waals surface area contributed by atoms with Crippen molar-refractivity contribution in [1.82, 2.24) is 15.5 Å². The lowest BCUT2D eigenvalue weighted by atomic mass is 10.0. The lowest BCUT2D eigenvalue weighted by Crippen LogP contribution is -2.11. The van der Waals surface area contributed by atoms with Crippen LogP contribution < -0.4 is 5.32 Å². The van der Waals surface area contributed by atoms with Crippen LogP contribution in [-0.2, 0) is 6.54 Å². The van der Waals surface area contributed by atoms with Gasteiger partial charge in [-0.05, 0) is 17.3 Å². The highest BCUT2D eigenvalue weighted by molar-refractivity contribution is 5.94. The van der Waals surface area contributed by atoms with E-state index in [9.17, 15) is 0 Å². The molecule has 96 valence electrons. The van der Waals surface area contributed by atoms with Crippen LogP contribution in [0.15, 0.2) is 47.0 Å². The molecule has 4 heteroatoms. The van der Waals surface area contributed by atoms with E-state index in [0.29, 0.717) is 18.3 Å². The zero-order valence-electron chi connectivity index (χ0n) is 10.8.